The Kier molecular flexibility index (Phi) is 3.69. The van der Waals surface area contributed by atoms with E-state index in [0.717, 1.165) is 12.1 Å². The number of carboxylic acid groups (broad SMARTS) is 1. The summed E-state index contributed by atoms with van der Waals surface area (Å²) in [5.41, 5.74) is 1.35. The van der Waals surface area contributed by atoms with E-state index in [2.05, 4.69) is 10.4 Å². The number of aromatic nitrogens is 2. The fourth-order valence-electron chi connectivity index (χ4n) is 2.14. The molecule has 0 bridgehead atoms. The van der Waals surface area contributed by atoms with Gasteiger partial charge in [-0.3, -0.25) is 14.3 Å². The number of nitrogens with zero attached hydrogens (tertiary/aromatic N) is 2. The monoisotopic (exact) mass is 263 g/mol. The van der Waals surface area contributed by atoms with Crippen molar-refractivity contribution >= 4 is 11.9 Å². The summed E-state index contributed by atoms with van der Waals surface area (Å²) in [6.07, 6.45) is 4.52. The number of amides is 1. The first-order chi connectivity index (χ1) is 9.01. The topological polar surface area (TPSA) is 84.2 Å². The van der Waals surface area contributed by atoms with Crippen LogP contribution in [-0.4, -0.2) is 32.8 Å². The highest BCUT2D eigenvalue weighted by atomic mass is 16.4. The average Bonchev–Trinajstić information content (AvgIpc) is 2.95. The minimum atomic E-state index is -0.859. The van der Waals surface area contributed by atoms with Gasteiger partial charge in [-0.15, -0.1) is 0 Å². The molecule has 102 valence electrons. The van der Waals surface area contributed by atoms with Gasteiger partial charge in [0, 0.05) is 13.1 Å². The fraction of sp³-hybridized carbons (Fsp3) is 0.462. The molecular formula is C13H17N3O3. The Morgan fingerprint density at radius 2 is 2.26 bits per heavy atom. The number of rotatable bonds is 4. The van der Waals surface area contributed by atoms with Gasteiger partial charge in [0.05, 0.1) is 11.6 Å². The largest absolute Gasteiger partial charge is 0.481 e. The zero-order valence-corrected chi connectivity index (χ0v) is 11.0. The van der Waals surface area contributed by atoms with E-state index in [-0.39, 0.29) is 11.9 Å². The van der Waals surface area contributed by atoms with Crippen molar-refractivity contribution in [2.45, 2.75) is 25.8 Å². The van der Waals surface area contributed by atoms with Gasteiger partial charge in [0.15, 0.2) is 0 Å². The van der Waals surface area contributed by atoms with Gasteiger partial charge in [-0.2, -0.15) is 5.10 Å². The van der Waals surface area contributed by atoms with E-state index < -0.39 is 11.9 Å². The van der Waals surface area contributed by atoms with Crippen LogP contribution in [0.15, 0.2) is 18.2 Å². The van der Waals surface area contributed by atoms with Crippen LogP contribution in [0.25, 0.3) is 0 Å². The van der Waals surface area contributed by atoms with Crippen molar-refractivity contribution < 1.29 is 14.7 Å². The van der Waals surface area contributed by atoms with Crippen molar-refractivity contribution in [2.75, 3.05) is 0 Å². The number of carbonyl (C=O) groups is 2. The maximum atomic E-state index is 12.1. The number of aliphatic carboxylic acids is 1. The minimum Gasteiger partial charge on any atom is -0.481 e. The van der Waals surface area contributed by atoms with E-state index in [1.807, 2.05) is 6.92 Å². The van der Waals surface area contributed by atoms with Crippen molar-refractivity contribution in [1.29, 1.82) is 0 Å². The molecule has 2 unspecified atom stereocenters. The van der Waals surface area contributed by atoms with Crippen LogP contribution in [0.5, 0.6) is 0 Å². The molecule has 1 aromatic heterocycles. The molecule has 0 spiro atoms. The van der Waals surface area contributed by atoms with E-state index >= 15 is 0 Å². The summed E-state index contributed by atoms with van der Waals surface area (Å²) >= 11 is 0. The van der Waals surface area contributed by atoms with Gasteiger partial charge < -0.3 is 10.4 Å². The van der Waals surface area contributed by atoms with E-state index in [9.17, 15) is 9.59 Å². The molecule has 0 aromatic carbocycles. The first-order valence-corrected chi connectivity index (χ1v) is 6.26. The Labute approximate surface area is 111 Å². The predicted octanol–water partition coefficient (Wildman–Crippen LogP) is 0.742. The molecule has 0 radical (unpaired) electrons. The molecule has 1 amide bonds. The van der Waals surface area contributed by atoms with Gasteiger partial charge >= 0.3 is 5.97 Å². The summed E-state index contributed by atoms with van der Waals surface area (Å²) in [6, 6.07) is 1.52. The van der Waals surface area contributed by atoms with Crippen molar-refractivity contribution in [3.05, 3.63) is 29.6 Å². The molecule has 1 aromatic rings. The summed E-state index contributed by atoms with van der Waals surface area (Å²) in [7, 11) is 1.72. The first-order valence-electron chi connectivity index (χ1n) is 6.26. The van der Waals surface area contributed by atoms with Crippen molar-refractivity contribution in [3.8, 4) is 0 Å². The summed E-state index contributed by atoms with van der Waals surface area (Å²) < 4.78 is 1.54. The van der Waals surface area contributed by atoms with Gasteiger partial charge in [0.25, 0.3) is 5.91 Å². The molecule has 6 nitrogen and oxygen atoms in total. The van der Waals surface area contributed by atoms with E-state index in [0.29, 0.717) is 12.1 Å². The Hall–Kier alpha value is -2.11. The van der Waals surface area contributed by atoms with Gasteiger partial charge in [0.1, 0.15) is 5.69 Å². The summed E-state index contributed by atoms with van der Waals surface area (Å²) in [4.78, 5) is 22.9. The zero-order valence-electron chi connectivity index (χ0n) is 11.0. The van der Waals surface area contributed by atoms with Crippen LogP contribution in [0, 0.1) is 5.92 Å². The normalized spacial score (nSPS) is 21.6. The molecule has 1 aliphatic carbocycles. The molecule has 0 saturated carbocycles. The third-order valence-corrected chi connectivity index (χ3v) is 3.24. The maximum Gasteiger partial charge on any atom is 0.310 e. The summed E-state index contributed by atoms with van der Waals surface area (Å²) in [5.74, 6) is -1.60. The Balaban J connectivity index is 2.00. The highest BCUT2D eigenvalue weighted by molar-refractivity contribution is 5.93. The van der Waals surface area contributed by atoms with Crippen molar-refractivity contribution in [2.24, 2.45) is 13.0 Å². The van der Waals surface area contributed by atoms with Gasteiger partial charge in [-0.1, -0.05) is 19.1 Å². The van der Waals surface area contributed by atoms with Gasteiger partial charge in [-0.25, -0.2) is 0 Å². The van der Waals surface area contributed by atoms with E-state index in [1.165, 1.54) is 0 Å². The second-order valence-electron chi connectivity index (χ2n) is 4.64. The lowest BCUT2D eigenvalue weighted by atomic mass is 10.1. The van der Waals surface area contributed by atoms with Crippen molar-refractivity contribution in [3.63, 3.8) is 0 Å². The van der Waals surface area contributed by atoms with E-state index in [4.69, 9.17) is 5.11 Å². The van der Waals surface area contributed by atoms with Crippen LogP contribution < -0.4 is 5.32 Å². The lowest BCUT2D eigenvalue weighted by Gasteiger charge is -2.11. The third kappa shape index (κ3) is 2.83. The minimum absolute atomic E-state index is 0.226. The van der Waals surface area contributed by atoms with Crippen LogP contribution in [0.4, 0.5) is 0 Å². The van der Waals surface area contributed by atoms with Crippen LogP contribution in [0.1, 0.15) is 29.5 Å². The molecule has 1 heterocycles. The second kappa shape index (κ2) is 5.26. The molecule has 0 aliphatic heterocycles. The molecule has 2 N–H and O–H groups in total. The molecule has 19 heavy (non-hydrogen) atoms. The van der Waals surface area contributed by atoms with Gasteiger partial charge in [-0.05, 0) is 18.9 Å². The second-order valence-corrected chi connectivity index (χ2v) is 4.64. The number of nitrogens with one attached hydrogen (secondary N) is 1. The average molecular weight is 263 g/mol. The number of carbonyl (C=O) groups excluding carboxylic acids is 1. The molecule has 6 heteroatoms. The smallest absolute Gasteiger partial charge is 0.310 e. The van der Waals surface area contributed by atoms with Crippen molar-refractivity contribution in [1.82, 2.24) is 15.1 Å². The quantitative estimate of drug-likeness (QED) is 0.785. The highest BCUT2D eigenvalue weighted by Crippen LogP contribution is 2.18. The number of carboxylic acids is 1. The first kappa shape index (κ1) is 13.3. The highest BCUT2D eigenvalue weighted by Gasteiger charge is 2.26. The molecular weight excluding hydrogens is 246 g/mol. The maximum absolute atomic E-state index is 12.1. The number of hydrogen-bond donors (Lipinski definition) is 2. The van der Waals surface area contributed by atoms with Crippen LogP contribution in [0.2, 0.25) is 0 Å². The van der Waals surface area contributed by atoms with Gasteiger partial charge in [0.2, 0.25) is 0 Å². The molecule has 2 atom stereocenters. The SMILES string of the molecule is CCc1cc(C(=O)NC2C=CC(C(=O)O)C2)n(C)n1. The number of aryl methyl sites for hydroxylation is 2. The number of hydrogen-bond acceptors (Lipinski definition) is 3. The fourth-order valence-corrected chi connectivity index (χ4v) is 2.14. The van der Waals surface area contributed by atoms with Crippen LogP contribution >= 0.6 is 0 Å². The third-order valence-electron chi connectivity index (χ3n) is 3.24. The summed E-state index contributed by atoms with van der Waals surface area (Å²) in [6.45, 7) is 1.97. The zero-order chi connectivity index (χ0) is 14.0. The molecule has 2 rings (SSSR count). The predicted molar refractivity (Wildman–Crippen MR) is 68.7 cm³/mol. The lowest BCUT2D eigenvalue weighted by molar-refractivity contribution is -0.140. The molecule has 0 saturated heterocycles. The summed E-state index contributed by atoms with van der Waals surface area (Å²) in [5, 5.41) is 15.9. The Bertz CT molecular complexity index is 533. The standard InChI is InChI=1S/C13H17N3O3/c1-3-9-7-11(16(2)15-9)12(17)14-10-5-4-8(6-10)13(18)19/h4-5,7-8,10H,3,6H2,1-2H3,(H,14,17)(H,18,19). The van der Waals surface area contributed by atoms with Crippen LogP contribution in [0.3, 0.4) is 0 Å². The van der Waals surface area contributed by atoms with Crippen LogP contribution in [-0.2, 0) is 18.3 Å². The van der Waals surface area contributed by atoms with E-state index in [1.54, 1.807) is 29.9 Å². The Morgan fingerprint density at radius 3 is 2.79 bits per heavy atom. The molecule has 0 fully saturated rings. The Morgan fingerprint density at radius 1 is 1.53 bits per heavy atom. The lowest BCUT2D eigenvalue weighted by Crippen LogP contribution is -2.34. The molecule has 1 aliphatic rings.